The Morgan fingerprint density at radius 2 is 1.87 bits per heavy atom. The fourth-order valence-corrected chi connectivity index (χ4v) is 2.50. The molecule has 0 saturated heterocycles. The van der Waals surface area contributed by atoms with Gasteiger partial charge >= 0.3 is 11.9 Å². The van der Waals surface area contributed by atoms with Gasteiger partial charge in [-0.2, -0.15) is 0 Å². The summed E-state index contributed by atoms with van der Waals surface area (Å²) in [7, 11) is 0. The summed E-state index contributed by atoms with van der Waals surface area (Å²) in [5, 5.41) is 0. The van der Waals surface area contributed by atoms with E-state index in [9.17, 15) is 9.59 Å². The van der Waals surface area contributed by atoms with Crippen molar-refractivity contribution in [3.8, 4) is 0 Å². The van der Waals surface area contributed by atoms with Crippen molar-refractivity contribution >= 4 is 11.9 Å². The average Bonchev–Trinajstić information content (AvgIpc) is 2.53. The molecule has 0 radical (unpaired) electrons. The molecule has 0 unspecified atom stereocenters. The largest absolute Gasteiger partial charge is 0.462 e. The van der Waals surface area contributed by atoms with Crippen LogP contribution in [0.3, 0.4) is 0 Å². The van der Waals surface area contributed by atoms with Crippen molar-refractivity contribution in [3.05, 3.63) is 47.5 Å². The molecule has 4 nitrogen and oxygen atoms in total. The Hall–Kier alpha value is -2.10. The van der Waals surface area contributed by atoms with Crippen LogP contribution in [-0.4, -0.2) is 24.1 Å². The Bertz CT molecular complexity index is 571. The highest BCUT2D eigenvalue weighted by Gasteiger charge is 2.30. The van der Waals surface area contributed by atoms with Crippen LogP contribution in [0.2, 0.25) is 0 Å². The van der Waals surface area contributed by atoms with E-state index in [0.717, 1.165) is 17.2 Å². The van der Waals surface area contributed by atoms with Gasteiger partial charge in [-0.1, -0.05) is 38.1 Å². The molecule has 0 saturated carbocycles. The van der Waals surface area contributed by atoms with Crippen LogP contribution in [0.25, 0.3) is 0 Å². The van der Waals surface area contributed by atoms with E-state index in [2.05, 4.69) is 6.58 Å². The van der Waals surface area contributed by atoms with Crippen LogP contribution in [0.4, 0.5) is 0 Å². The summed E-state index contributed by atoms with van der Waals surface area (Å²) in [6, 6.07) is 5.61. The van der Waals surface area contributed by atoms with Gasteiger partial charge in [0.1, 0.15) is 5.60 Å². The van der Waals surface area contributed by atoms with Crippen molar-refractivity contribution in [2.45, 2.75) is 52.6 Å². The fourth-order valence-electron chi connectivity index (χ4n) is 2.50. The van der Waals surface area contributed by atoms with Crippen molar-refractivity contribution in [3.63, 3.8) is 0 Å². The number of aryl methyl sites for hydroxylation is 2. The molecular weight excluding hydrogens is 292 g/mol. The number of benzene rings is 1. The standard InChI is InChI=1S/C19H26O4/c1-6-17(20)23-19(7-2,8-3)11-12-22-18(21)16-10-9-14(4)13-15(16)5/h6,9-10,13H,1,7-8,11-12H2,2-5H3. The van der Waals surface area contributed by atoms with Crippen molar-refractivity contribution in [2.24, 2.45) is 0 Å². The van der Waals surface area contributed by atoms with Crippen molar-refractivity contribution < 1.29 is 19.1 Å². The Morgan fingerprint density at radius 1 is 1.22 bits per heavy atom. The monoisotopic (exact) mass is 318 g/mol. The van der Waals surface area contributed by atoms with Gasteiger partial charge in [0.2, 0.25) is 0 Å². The number of hydrogen-bond acceptors (Lipinski definition) is 4. The molecule has 0 aromatic heterocycles. The number of carbonyl (C=O) groups is 2. The zero-order chi connectivity index (χ0) is 17.5. The highest BCUT2D eigenvalue weighted by Crippen LogP contribution is 2.25. The highest BCUT2D eigenvalue weighted by molar-refractivity contribution is 5.91. The van der Waals surface area contributed by atoms with Gasteiger partial charge in [-0.3, -0.25) is 0 Å². The van der Waals surface area contributed by atoms with E-state index in [1.165, 1.54) is 0 Å². The second-order valence-electron chi connectivity index (χ2n) is 5.72. The van der Waals surface area contributed by atoms with Gasteiger partial charge in [0.25, 0.3) is 0 Å². The van der Waals surface area contributed by atoms with Crippen LogP contribution in [-0.2, 0) is 14.3 Å². The second kappa shape index (κ2) is 8.51. The molecule has 4 heteroatoms. The van der Waals surface area contributed by atoms with Gasteiger partial charge in [-0.15, -0.1) is 0 Å². The zero-order valence-electron chi connectivity index (χ0n) is 14.5. The van der Waals surface area contributed by atoms with E-state index < -0.39 is 11.6 Å². The SMILES string of the molecule is C=CC(=O)OC(CC)(CC)CCOC(=O)c1ccc(C)cc1C. The smallest absolute Gasteiger partial charge is 0.338 e. The Labute approximate surface area is 138 Å². The van der Waals surface area contributed by atoms with Gasteiger partial charge in [0.05, 0.1) is 12.2 Å². The molecule has 0 bridgehead atoms. The number of ether oxygens (including phenoxy) is 2. The summed E-state index contributed by atoms with van der Waals surface area (Å²) in [6.07, 6.45) is 2.94. The van der Waals surface area contributed by atoms with E-state index in [1.807, 2.05) is 39.8 Å². The van der Waals surface area contributed by atoms with Crippen LogP contribution < -0.4 is 0 Å². The van der Waals surface area contributed by atoms with Gasteiger partial charge in [0, 0.05) is 12.5 Å². The van der Waals surface area contributed by atoms with Crippen LogP contribution in [0.5, 0.6) is 0 Å². The van der Waals surface area contributed by atoms with Crippen LogP contribution in [0.1, 0.15) is 54.6 Å². The van der Waals surface area contributed by atoms with Crippen LogP contribution in [0.15, 0.2) is 30.9 Å². The molecule has 0 amide bonds. The van der Waals surface area contributed by atoms with Crippen molar-refractivity contribution in [1.82, 2.24) is 0 Å². The lowest BCUT2D eigenvalue weighted by molar-refractivity contribution is -0.156. The molecule has 0 N–H and O–H groups in total. The van der Waals surface area contributed by atoms with Gasteiger partial charge in [0.15, 0.2) is 0 Å². The lowest BCUT2D eigenvalue weighted by atomic mass is 9.93. The topological polar surface area (TPSA) is 52.6 Å². The average molecular weight is 318 g/mol. The summed E-state index contributed by atoms with van der Waals surface area (Å²) >= 11 is 0. The number of hydrogen-bond donors (Lipinski definition) is 0. The van der Waals surface area contributed by atoms with Crippen molar-refractivity contribution in [2.75, 3.05) is 6.61 Å². The summed E-state index contributed by atoms with van der Waals surface area (Å²) in [4.78, 5) is 23.7. The maximum atomic E-state index is 12.2. The molecule has 0 heterocycles. The predicted molar refractivity (Wildman–Crippen MR) is 90.4 cm³/mol. The van der Waals surface area contributed by atoms with E-state index in [0.29, 0.717) is 24.8 Å². The van der Waals surface area contributed by atoms with E-state index >= 15 is 0 Å². The minimum absolute atomic E-state index is 0.207. The lowest BCUT2D eigenvalue weighted by Crippen LogP contribution is -2.35. The Kier molecular flexibility index (Phi) is 7.01. The third-order valence-corrected chi connectivity index (χ3v) is 4.17. The van der Waals surface area contributed by atoms with Gasteiger partial charge in [-0.05, 0) is 38.3 Å². The lowest BCUT2D eigenvalue weighted by Gasteiger charge is -2.30. The summed E-state index contributed by atoms with van der Waals surface area (Å²) in [5.41, 5.74) is 1.95. The van der Waals surface area contributed by atoms with Crippen LogP contribution in [0, 0.1) is 13.8 Å². The molecule has 1 aromatic rings. The third kappa shape index (κ3) is 5.23. The molecule has 0 aliphatic heterocycles. The predicted octanol–water partition coefficient (Wildman–Crippen LogP) is 4.14. The first kappa shape index (κ1) is 18.9. The number of esters is 2. The molecule has 0 aliphatic rings. The second-order valence-corrected chi connectivity index (χ2v) is 5.72. The molecule has 0 fully saturated rings. The molecule has 23 heavy (non-hydrogen) atoms. The summed E-state index contributed by atoms with van der Waals surface area (Å²) in [6.45, 7) is 11.4. The molecule has 126 valence electrons. The van der Waals surface area contributed by atoms with E-state index in [4.69, 9.17) is 9.47 Å². The van der Waals surface area contributed by atoms with Gasteiger partial charge < -0.3 is 9.47 Å². The fraction of sp³-hybridized carbons (Fsp3) is 0.474. The third-order valence-electron chi connectivity index (χ3n) is 4.17. The molecule has 0 spiro atoms. The molecule has 0 atom stereocenters. The summed E-state index contributed by atoms with van der Waals surface area (Å²) in [5.74, 6) is -0.798. The maximum absolute atomic E-state index is 12.2. The number of carbonyl (C=O) groups excluding carboxylic acids is 2. The first-order chi connectivity index (χ1) is 10.9. The van der Waals surface area contributed by atoms with Crippen LogP contribution >= 0.6 is 0 Å². The molecule has 1 rings (SSSR count). The molecule has 1 aromatic carbocycles. The maximum Gasteiger partial charge on any atom is 0.338 e. The first-order valence-corrected chi connectivity index (χ1v) is 7.97. The normalized spacial score (nSPS) is 11.0. The first-order valence-electron chi connectivity index (χ1n) is 7.97. The summed E-state index contributed by atoms with van der Waals surface area (Å²) < 4.78 is 10.8. The van der Waals surface area contributed by atoms with Gasteiger partial charge in [-0.25, -0.2) is 9.59 Å². The van der Waals surface area contributed by atoms with Crippen molar-refractivity contribution in [1.29, 1.82) is 0 Å². The minimum Gasteiger partial charge on any atom is -0.462 e. The Balaban J connectivity index is 2.67. The quantitative estimate of drug-likeness (QED) is 0.534. The minimum atomic E-state index is -0.617. The molecule has 0 aliphatic carbocycles. The number of rotatable bonds is 8. The van der Waals surface area contributed by atoms with E-state index in [1.54, 1.807) is 6.07 Å². The Morgan fingerprint density at radius 3 is 2.39 bits per heavy atom. The van der Waals surface area contributed by atoms with E-state index in [-0.39, 0.29) is 12.6 Å². The zero-order valence-corrected chi connectivity index (χ0v) is 14.5. The highest BCUT2D eigenvalue weighted by atomic mass is 16.6. The molecular formula is C19H26O4.